The summed E-state index contributed by atoms with van der Waals surface area (Å²) >= 11 is 0. The van der Waals surface area contributed by atoms with Crippen LogP contribution in [0.5, 0.6) is 0 Å². The first-order valence-corrected chi connectivity index (χ1v) is 7.75. The molecule has 0 amide bonds. The third-order valence-corrected chi connectivity index (χ3v) is 3.09. The van der Waals surface area contributed by atoms with Gasteiger partial charge in [-0.1, -0.05) is 29.8 Å². The van der Waals surface area contributed by atoms with Crippen molar-refractivity contribution in [3.8, 4) is 0 Å². The standard InChI is InChI=1S/C18H26O4/c1-12(2)21-17(15-8-6-14(5)7-9-15)11-10-16(19)18(20)22-13(3)4/h6-9,12-13,17H,10-11H2,1-5H3. The van der Waals surface area contributed by atoms with Crippen LogP contribution in [-0.4, -0.2) is 24.0 Å². The highest BCUT2D eigenvalue weighted by Crippen LogP contribution is 2.25. The van der Waals surface area contributed by atoms with Crippen LogP contribution in [0.1, 0.15) is 57.8 Å². The summed E-state index contributed by atoms with van der Waals surface area (Å²) in [4.78, 5) is 23.4. The van der Waals surface area contributed by atoms with E-state index >= 15 is 0 Å². The maximum Gasteiger partial charge on any atom is 0.374 e. The molecular weight excluding hydrogens is 280 g/mol. The maximum atomic E-state index is 11.8. The minimum atomic E-state index is -0.762. The van der Waals surface area contributed by atoms with E-state index < -0.39 is 11.8 Å². The largest absolute Gasteiger partial charge is 0.457 e. The second kappa shape index (κ2) is 8.69. The van der Waals surface area contributed by atoms with E-state index in [2.05, 4.69) is 0 Å². The Morgan fingerprint density at radius 1 is 1.00 bits per heavy atom. The van der Waals surface area contributed by atoms with Crippen LogP contribution in [0.2, 0.25) is 0 Å². The van der Waals surface area contributed by atoms with Crippen molar-refractivity contribution < 1.29 is 19.1 Å². The number of benzene rings is 1. The number of hydrogen-bond donors (Lipinski definition) is 0. The van der Waals surface area contributed by atoms with Gasteiger partial charge in [-0.25, -0.2) is 4.79 Å². The third kappa shape index (κ3) is 6.39. The molecule has 4 heteroatoms. The zero-order valence-corrected chi connectivity index (χ0v) is 14.1. The van der Waals surface area contributed by atoms with Crippen molar-refractivity contribution in [1.29, 1.82) is 0 Å². The second-order valence-corrected chi connectivity index (χ2v) is 6.00. The maximum absolute atomic E-state index is 11.8. The molecule has 0 heterocycles. The summed E-state index contributed by atoms with van der Waals surface area (Å²) in [7, 11) is 0. The molecule has 0 fully saturated rings. The quantitative estimate of drug-likeness (QED) is 0.542. The van der Waals surface area contributed by atoms with Crippen LogP contribution >= 0.6 is 0 Å². The van der Waals surface area contributed by atoms with Gasteiger partial charge in [-0.15, -0.1) is 0 Å². The van der Waals surface area contributed by atoms with Crippen LogP contribution in [0.3, 0.4) is 0 Å². The average Bonchev–Trinajstić information content (AvgIpc) is 2.42. The molecule has 0 aliphatic heterocycles. The van der Waals surface area contributed by atoms with Crippen molar-refractivity contribution >= 4 is 11.8 Å². The summed E-state index contributed by atoms with van der Waals surface area (Å²) in [6.45, 7) is 9.38. The number of esters is 1. The van der Waals surface area contributed by atoms with E-state index in [0.29, 0.717) is 6.42 Å². The number of hydrogen-bond acceptors (Lipinski definition) is 4. The van der Waals surface area contributed by atoms with Crippen molar-refractivity contribution in [1.82, 2.24) is 0 Å². The number of rotatable bonds is 8. The minimum absolute atomic E-state index is 0.0454. The predicted molar refractivity (Wildman–Crippen MR) is 85.6 cm³/mol. The Balaban J connectivity index is 2.68. The Hall–Kier alpha value is -1.68. The van der Waals surface area contributed by atoms with Crippen molar-refractivity contribution in [3.05, 3.63) is 35.4 Å². The molecule has 1 rings (SSSR count). The molecule has 4 nitrogen and oxygen atoms in total. The Labute approximate surface area is 132 Å². The zero-order valence-electron chi connectivity index (χ0n) is 14.1. The molecule has 0 spiro atoms. The zero-order chi connectivity index (χ0) is 16.7. The predicted octanol–water partition coefficient (Wildman–Crippen LogP) is 3.76. The minimum Gasteiger partial charge on any atom is -0.457 e. The topological polar surface area (TPSA) is 52.6 Å². The average molecular weight is 306 g/mol. The smallest absolute Gasteiger partial charge is 0.374 e. The van der Waals surface area contributed by atoms with Crippen LogP contribution in [0.15, 0.2) is 24.3 Å². The molecule has 0 bridgehead atoms. The number of carbonyl (C=O) groups is 2. The van der Waals surface area contributed by atoms with Gasteiger partial charge in [0.25, 0.3) is 0 Å². The van der Waals surface area contributed by atoms with E-state index in [9.17, 15) is 9.59 Å². The van der Waals surface area contributed by atoms with Crippen LogP contribution in [0.25, 0.3) is 0 Å². The molecule has 0 aliphatic carbocycles. The van der Waals surface area contributed by atoms with Gasteiger partial charge in [0.1, 0.15) is 0 Å². The molecule has 22 heavy (non-hydrogen) atoms. The van der Waals surface area contributed by atoms with Crippen LogP contribution < -0.4 is 0 Å². The van der Waals surface area contributed by atoms with Gasteiger partial charge >= 0.3 is 5.97 Å². The molecule has 0 aliphatic rings. The van der Waals surface area contributed by atoms with Gasteiger partial charge in [0.05, 0.1) is 18.3 Å². The Bertz CT molecular complexity index is 488. The van der Waals surface area contributed by atoms with Crippen molar-refractivity contribution in [2.75, 3.05) is 0 Å². The molecule has 0 radical (unpaired) electrons. The lowest BCUT2D eigenvalue weighted by molar-refractivity contribution is -0.157. The van der Waals surface area contributed by atoms with E-state index in [1.807, 2.05) is 45.0 Å². The summed E-state index contributed by atoms with van der Waals surface area (Å²) in [6.07, 6.45) is 0.154. The Morgan fingerprint density at radius 2 is 1.59 bits per heavy atom. The van der Waals surface area contributed by atoms with Gasteiger partial charge in [0, 0.05) is 6.42 Å². The van der Waals surface area contributed by atoms with Gasteiger partial charge in [-0.05, 0) is 46.6 Å². The Kier molecular flexibility index (Phi) is 7.25. The van der Waals surface area contributed by atoms with Crippen molar-refractivity contribution in [2.24, 2.45) is 0 Å². The van der Waals surface area contributed by atoms with Gasteiger partial charge in [-0.2, -0.15) is 0 Å². The van der Waals surface area contributed by atoms with E-state index in [-0.39, 0.29) is 24.7 Å². The van der Waals surface area contributed by atoms with Gasteiger partial charge in [-0.3, -0.25) is 4.79 Å². The molecule has 1 unspecified atom stereocenters. The fourth-order valence-corrected chi connectivity index (χ4v) is 2.07. The molecule has 0 N–H and O–H groups in total. The van der Waals surface area contributed by atoms with Crippen molar-refractivity contribution in [3.63, 3.8) is 0 Å². The van der Waals surface area contributed by atoms with E-state index in [0.717, 1.165) is 5.56 Å². The first kappa shape index (κ1) is 18.4. The summed E-state index contributed by atoms with van der Waals surface area (Å²) in [5, 5.41) is 0. The summed E-state index contributed by atoms with van der Waals surface area (Å²) in [5.74, 6) is -1.26. The van der Waals surface area contributed by atoms with E-state index in [1.54, 1.807) is 13.8 Å². The number of Topliss-reactive ketones (excluding diaryl/α,β-unsaturated/α-hetero) is 1. The first-order valence-electron chi connectivity index (χ1n) is 7.75. The van der Waals surface area contributed by atoms with Crippen molar-refractivity contribution in [2.45, 2.75) is 65.8 Å². The number of ether oxygens (including phenoxy) is 2. The highest BCUT2D eigenvalue weighted by molar-refractivity contribution is 6.33. The summed E-state index contributed by atoms with van der Waals surface area (Å²) in [5.41, 5.74) is 2.19. The van der Waals surface area contributed by atoms with Crippen LogP contribution in [0, 0.1) is 6.92 Å². The molecule has 1 aromatic carbocycles. The lowest BCUT2D eigenvalue weighted by Crippen LogP contribution is -2.22. The van der Waals surface area contributed by atoms with Gasteiger partial charge < -0.3 is 9.47 Å². The van der Waals surface area contributed by atoms with Gasteiger partial charge in [0.2, 0.25) is 5.78 Å². The fraction of sp³-hybridized carbons (Fsp3) is 0.556. The fourth-order valence-electron chi connectivity index (χ4n) is 2.07. The normalized spacial score (nSPS) is 12.5. The summed E-state index contributed by atoms with van der Waals surface area (Å²) in [6, 6.07) is 8.03. The highest BCUT2D eigenvalue weighted by atomic mass is 16.5. The molecule has 1 aromatic rings. The van der Waals surface area contributed by atoms with Crippen LogP contribution in [-0.2, 0) is 19.1 Å². The molecule has 122 valence electrons. The second-order valence-electron chi connectivity index (χ2n) is 6.00. The lowest BCUT2D eigenvalue weighted by Gasteiger charge is -2.21. The number of aryl methyl sites for hydroxylation is 1. The number of carbonyl (C=O) groups excluding carboxylic acids is 2. The molecule has 0 saturated heterocycles. The first-order chi connectivity index (χ1) is 10.3. The summed E-state index contributed by atoms with van der Waals surface area (Å²) < 4.78 is 10.8. The number of ketones is 1. The van der Waals surface area contributed by atoms with E-state index in [1.165, 1.54) is 5.56 Å². The van der Waals surface area contributed by atoms with Gasteiger partial charge in [0.15, 0.2) is 0 Å². The lowest BCUT2D eigenvalue weighted by atomic mass is 10.0. The molecular formula is C18H26O4. The molecule has 1 atom stereocenters. The van der Waals surface area contributed by atoms with Crippen LogP contribution in [0.4, 0.5) is 0 Å². The van der Waals surface area contributed by atoms with E-state index in [4.69, 9.17) is 9.47 Å². The monoisotopic (exact) mass is 306 g/mol. The molecule has 0 aromatic heterocycles. The Morgan fingerprint density at radius 3 is 2.09 bits per heavy atom. The third-order valence-electron chi connectivity index (χ3n) is 3.09. The molecule has 0 saturated carbocycles. The SMILES string of the molecule is Cc1ccc(C(CCC(=O)C(=O)OC(C)C)OC(C)C)cc1. The highest BCUT2D eigenvalue weighted by Gasteiger charge is 2.21.